The molecule has 0 spiro atoms. The topological polar surface area (TPSA) is 151 Å². The van der Waals surface area contributed by atoms with Crippen molar-refractivity contribution < 1.29 is 19.5 Å². The van der Waals surface area contributed by atoms with E-state index in [0.717, 1.165) is 0 Å². The molecule has 0 saturated heterocycles. The number of anilines is 2. The number of carbonyl (C=O) groups excluding carboxylic acids is 2. The Bertz CT molecular complexity index is 1150. The predicted octanol–water partition coefficient (Wildman–Crippen LogP) is 2.56. The summed E-state index contributed by atoms with van der Waals surface area (Å²) in [6.07, 6.45) is 3.04. The minimum atomic E-state index is -1.19. The van der Waals surface area contributed by atoms with E-state index < -0.39 is 23.9 Å². The lowest BCUT2D eigenvalue weighted by atomic mass is 10.1. The summed E-state index contributed by atoms with van der Waals surface area (Å²) in [4.78, 5) is 35.2. The maximum absolute atomic E-state index is 12.3. The largest absolute Gasteiger partial charge is 0.465 e. The van der Waals surface area contributed by atoms with Crippen molar-refractivity contribution in [1.82, 2.24) is 25.5 Å². The van der Waals surface area contributed by atoms with Gasteiger partial charge in [0.1, 0.15) is 12.4 Å². The summed E-state index contributed by atoms with van der Waals surface area (Å²) >= 11 is 6.05. The van der Waals surface area contributed by atoms with Crippen molar-refractivity contribution in [2.45, 2.75) is 13.0 Å². The summed E-state index contributed by atoms with van der Waals surface area (Å²) in [6, 6.07) is 10.3. The second-order valence-corrected chi connectivity index (χ2v) is 6.95. The summed E-state index contributed by atoms with van der Waals surface area (Å²) in [6.45, 7) is 1.54. The van der Waals surface area contributed by atoms with Gasteiger partial charge in [0.05, 0.1) is 5.69 Å². The average Bonchev–Trinajstić information content (AvgIpc) is 3.28. The van der Waals surface area contributed by atoms with Gasteiger partial charge < -0.3 is 15.7 Å². The first kappa shape index (κ1) is 22.4. The Kier molecular flexibility index (Phi) is 7.13. The molecule has 1 heterocycles. The van der Waals surface area contributed by atoms with Crippen molar-refractivity contribution in [3.8, 4) is 5.69 Å². The van der Waals surface area contributed by atoms with Crippen LogP contribution in [0.25, 0.3) is 11.8 Å². The van der Waals surface area contributed by atoms with E-state index in [9.17, 15) is 14.4 Å². The van der Waals surface area contributed by atoms with Gasteiger partial charge in [-0.1, -0.05) is 11.6 Å². The maximum atomic E-state index is 12.3. The molecule has 1 aromatic heterocycles. The lowest BCUT2D eigenvalue weighted by Gasteiger charge is -2.13. The Balaban J connectivity index is 1.60. The van der Waals surface area contributed by atoms with Crippen molar-refractivity contribution in [3.63, 3.8) is 0 Å². The molecule has 0 fully saturated rings. The predicted molar refractivity (Wildman–Crippen MR) is 118 cm³/mol. The van der Waals surface area contributed by atoms with E-state index in [2.05, 4.69) is 31.5 Å². The first-order valence-electron chi connectivity index (χ1n) is 9.24. The molecule has 2 aromatic carbocycles. The number of nitrogens with zero attached hydrogens (tertiary/aromatic N) is 4. The van der Waals surface area contributed by atoms with Gasteiger partial charge in [0.2, 0.25) is 11.8 Å². The van der Waals surface area contributed by atoms with Gasteiger partial charge in [-0.3, -0.25) is 14.9 Å². The van der Waals surface area contributed by atoms with E-state index in [1.165, 1.54) is 54.4 Å². The van der Waals surface area contributed by atoms with Gasteiger partial charge in [0, 0.05) is 28.0 Å². The molecule has 0 bridgehead atoms. The molecule has 164 valence electrons. The Hall–Kier alpha value is -4.25. The molecule has 1 atom stereocenters. The fourth-order valence-corrected chi connectivity index (χ4v) is 2.82. The van der Waals surface area contributed by atoms with Gasteiger partial charge in [-0.15, -0.1) is 5.10 Å². The van der Waals surface area contributed by atoms with Gasteiger partial charge in [-0.05, 0) is 65.9 Å². The molecule has 0 saturated carbocycles. The van der Waals surface area contributed by atoms with Crippen LogP contribution in [-0.4, -0.2) is 49.3 Å². The van der Waals surface area contributed by atoms with Crippen LogP contribution in [0.4, 0.5) is 16.2 Å². The van der Waals surface area contributed by atoms with Crippen molar-refractivity contribution >= 4 is 47.0 Å². The van der Waals surface area contributed by atoms with E-state index in [1.807, 2.05) is 0 Å². The molecule has 0 radical (unpaired) electrons. The number of hydrogen-bond donors (Lipinski definition) is 4. The standard InChI is InChI=1S/C20H18ClN7O4/c1-12(19(30)24-15-4-6-16(7-5-15)25-20(31)32)23-18(29)9-2-13-10-14(21)3-8-17(13)28-11-22-26-27-28/h2-12,25H,1H3,(H,23,29)(H,24,30)(H,31,32)/t12-/m0/s1. The number of carboxylic acid groups (broad SMARTS) is 1. The average molecular weight is 456 g/mol. The van der Waals surface area contributed by atoms with Crippen LogP contribution in [0.2, 0.25) is 5.02 Å². The molecule has 32 heavy (non-hydrogen) atoms. The van der Waals surface area contributed by atoms with Crippen LogP contribution in [0.5, 0.6) is 0 Å². The number of nitrogens with one attached hydrogen (secondary N) is 3. The van der Waals surface area contributed by atoms with Crippen LogP contribution in [-0.2, 0) is 9.59 Å². The molecule has 3 amide bonds. The molecule has 3 rings (SSSR count). The third kappa shape index (κ3) is 6.12. The van der Waals surface area contributed by atoms with Crippen LogP contribution in [0.3, 0.4) is 0 Å². The number of carbonyl (C=O) groups is 3. The minimum absolute atomic E-state index is 0.365. The Morgan fingerprint density at radius 3 is 2.41 bits per heavy atom. The number of amides is 3. The van der Waals surface area contributed by atoms with Gasteiger partial charge in [-0.2, -0.15) is 4.68 Å². The first-order valence-corrected chi connectivity index (χ1v) is 9.62. The number of benzene rings is 2. The van der Waals surface area contributed by atoms with Gasteiger partial charge >= 0.3 is 6.09 Å². The Morgan fingerprint density at radius 1 is 1.09 bits per heavy atom. The van der Waals surface area contributed by atoms with E-state index >= 15 is 0 Å². The second-order valence-electron chi connectivity index (χ2n) is 6.52. The SMILES string of the molecule is C[C@H](NC(=O)C=Cc1cc(Cl)ccc1-n1cnnn1)C(=O)Nc1ccc(NC(=O)O)cc1. The highest BCUT2D eigenvalue weighted by molar-refractivity contribution is 6.30. The zero-order chi connectivity index (χ0) is 23.1. The zero-order valence-electron chi connectivity index (χ0n) is 16.7. The lowest BCUT2D eigenvalue weighted by Crippen LogP contribution is -2.40. The van der Waals surface area contributed by atoms with Crippen LogP contribution < -0.4 is 16.0 Å². The van der Waals surface area contributed by atoms with E-state index in [0.29, 0.717) is 27.6 Å². The third-order valence-corrected chi connectivity index (χ3v) is 4.39. The van der Waals surface area contributed by atoms with Crippen LogP contribution in [0.15, 0.2) is 54.9 Å². The van der Waals surface area contributed by atoms with Gasteiger partial charge in [0.25, 0.3) is 0 Å². The second kappa shape index (κ2) is 10.2. The number of hydrogen-bond acceptors (Lipinski definition) is 6. The molecule has 0 aliphatic carbocycles. The number of tetrazole rings is 1. The highest BCUT2D eigenvalue weighted by atomic mass is 35.5. The summed E-state index contributed by atoms with van der Waals surface area (Å²) in [5.74, 6) is -0.931. The van der Waals surface area contributed by atoms with Crippen LogP contribution in [0.1, 0.15) is 12.5 Å². The highest BCUT2D eigenvalue weighted by Crippen LogP contribution is 2.20. The van der Waals surface area contributed by atoms with Crippen molar-refractivity contribution in [2.75, 3.05) is 10.6 Å². The lowest BCUT2D eigenvalue weighted by molar-refractivity contribution is -0.123. The normalized spacial score (nSPS) is 11.7. The molecule has 4 N–H and O–H groups in total. The fourth-order valence-electron chi connectivity index (χ4n) is 2.64. The Morgan fingerprint density at radius 2 is 1.78 bits per heavy atom. The number of halogens is 1. The summed E-state index contributed by atoms with van der Waals surface area (Å²) in [5.41, 5.74) is 2.04. The quantitative estimate of drug-likeness (QED) is 0.399. The minimum Gasteiger partial charge on any atom is -0.465 e. The summed E-state index contributed by atoms with van der Waals surface area (Å²) < 4.78 is 1.43. The molecule has 0 unspecified atom stereocenters. The number of rotatable bonds is 7. The third-order valence-electron chi connectivity index (χ3n) is 4.16. The fraction of sp³-hybridized carbons (Fsp3) is 0.100. The van der Waals surface area contributed by atoms with Crippen molar-refractivity contribution in [2.24, 2.45) is 0 Å². The first-order chi connectivity index (χ1) is 15.3. The summed E-state index contributed by atoms with van der Waals surface area (Å²) in [7, 11) is 0. The monoisotopic (exact) mass is 455 g/mol. The van der Waals surface area contributed by atoms with Crippen molar-refractivity contribution in [1.29, 1.82) is 0 Å². The smallest absolute Gasteiger partial charge is 0.409 e. The molecular formula is C20H18ClN7O4. The van der Waals surface area contributed by atoms with Crippen LogP contribution >= 0.6 is 11.6 Å². The molecule has 0 aliphatic heterocycles. The van der Waals surface area contributed by atoms with Gasteiger partial charge in [0.15, 0.2) is 0 Å². The van der Waals surface area contributed by atoms with Crippen molar-refractivity contribution in [3.05, 3.63) is 65.5 Å². The van der Waals surface area contributed by atoms with E-state index in [4.69, 9.17) is 16.7 Å². The maximum Gasteiger partial charge on any atom is 0.409 e. The highest BCUT2D eigenvalue weighted by Gasteiger charge is 2.15. The molecule has 12 heteroatoms. The summed E-state index contributed by atoms with van der Waals surface area (Å²) in [5, 5.41) is 27.6. The molecule has 3 aromatic rings. The molecule has 0 aliphatic rings. The van der Waals surface area contributed by atoms with E-state index in [1.54, 1.807) is 18.2 Å². The zero-order valence-corrected chi connectivity index (χ0v) is 17.4. The van der Waals surface area contributed by atoms with Crippen LogP contribution in [0, 0.1) is 0 Å². The molecule has 11 nitrogen and oxygen atoms in total. The Labute approximate surface area is 187 Å². The van der Waals surface area contributed by atoms with E-state index in [-0.39, 0.29) is 0 Å². The van der Waals surface area contributed by atoms with Gasteiger partial charge in [-0.25, -0.2) is 4.79 Å². The molecular weight excluding hydrogens is 438 g/mol. The number of aromatic nitrogens is 4.